The molecule has 0 atom stereocenters. The summed E-state index contributed by atoms with van der Waals surface area (Å²) in [4.78, 5) is 11.7. The molecule has 0 aliphatic carbocycles. The highest BCUT2D eigenvalue weighted by molar-refractivity contribution is 6.30. The van der Waals surface area contributed by atoms with E-state index in [1.165, 1.54) is 12.1 Å². The minimum absolute atomic E-state index is 0.0715. The van der Waals surface area contributed by atoms with Crippen molar-refractivity contribution in [1.82, 2.24) is 0 Å². The molecule has 22 heavy (non-hydrogen) atoms. The maximum absolute atomic E-state index is 12.4. The molecule has 116 valence electrons. The van der Waals surface area contributed by atoms with E-state index in [0.717, 1.165) is 12.1 Å². The van der Waals surface area contributed by atoms with Gasteiger partial charge in [0.1, 0.15) is 0 Å². The second-order valence-electron chi connectivity index (χ2n) is 4.49. The number of rotatable bonds is 4. The highest BCUT2D eigenvalue weighted by atomic mass is 35.5. The lowest BCUT2D eigenvalue weighted by Crippen LogP contribution is -2.21. The second-order valence-corrected chi connectivity index (χ2v) is 4.92. The number of amides is 1. The SMILES string of the molecule is O=C(CNc1ccc(C(F)(F)F)cc1)Nc1cccc(Cl)c1. The van der Waals surface area contributed by atoms with Crippen LogP contribution in [0, 0.1) is 0 Å². The van der Waals surface area contributed by atoms with Crippen molar-refractivity contribution in [2.45, 2.75) is 6.18 Å². The molecule has 2 aromatic carbocycles. The molecule has 3 nitrogen and oxygen atoms in total. The van der Waals surface area contributed by atoms with Crippen molar-refractivity contribution in [1.29, 1.82) is 0 Å². The Balaban J connectivity index is 1.88. The molecule has 0 heterocycles. The van der Waals surface area contributed by atoms with E-state index in [9.17, 15) is 18.0 Å². The fourth-order valence-electron chi connectivity index (χ4n) is 1.73. The van der Waals surface area contributed by atoms with Gasteiger partial charge in [0.2, 0.25) is 5.91 Å². The lowest BCUT2D eigenvalue weighted by Gasteiger charge is -2.10. The Morgan fingerprint density at radius 2 is 1.73 bits per heavy atom. The zero-order chi connectivity index (χ0) is 16.2. The number of carbonyl (C=O) groups is 1. The van der Waals surface area contributed by atoms with Gasteiger partial charge < -0.3 is 10.6 Å². The lowest BCUT2D eigenvalue weighted by atomic mass is 10.2. The molecule has 0 unspecified atom stereocenters. The average Bonchev–Trinajstić information content (AvgIpc) is 2.45. The first-order chi connectivity index (χ1) is 10.3. The van der Waals surface area contributed by atoms with Crippen LogP contribution in [0.4, 0.5) is 24.5 Å². The van der Waals surface area contributed by atoms with Crippen LogP contribution in [0.2, 0.25) is 5.02 Å². The predicted octanol–water partition coefficient (Wildman–Crippen LogP) is 4.41. The number of halogens is 4. The second kappa shape index (κ2) is 6.70. The number of hydrogen-bond donors (Lipinski definition) is 2. The number of anilines is 2. The van der Waals surface area contributed by atoms with Crippen LogP contribution in [0.5, 0.6) is 0 Å². The summed E-state index contributed by atoms with van der Waals surface area (Å²) in [6, 6.07) is 11.1. The highest BCUT2D eigenvalue weighted by Crippen LogP contribution is 2.29. The molecule has 0 bridgehead atoms. The molecule has 0 saturated carbocycles. The Hall–Kier alpha value is -2.21. The van der Waals surface area contributed by atoms with Gasteiger partial charge in [-0.3, -0.25) is 4.79 Å². The topological polar surface area (TPSA) is 41.1 Å². The average molecular weight is 329 g/mol. The summed E-state index contributed by atoms with van der Waals surface area (Å²) in [5, 5.41) is 5.86. The molecular weight excluding hydrogens is 317 g/mol. The minimum atomic E-state index is -4.37. The number of carbonyl (C=O) groups excluding carboxylic acids is 1. The zero-order valence-corrected chi connectivity index (χ0v) is 12.0. The van der Waals surface area contributed by atoms with Crippen molar-refractivity contribution in [2.75, 3.05) is 17.2 Å². The van der Waals surface area contributed by atoms with Crippen LogP contribution in [0.3, 0.4) is 0 Å². The van der Waals surface area contributed by atoms with Crippen molar-refractivity contribution >= 4 is 28.9 Å². The Labute approximate surface area is 130 Å². The number of benzene rings is 2. The van der Waals surface area contributed by atoms with Gasteiger partial charge in [-0.2, -0.15) is 13.2 Å². The van der Waals surface area contributed by atoms with Crippen molar-refractivity contribution in [2.24, 2.45) is 0 Å². The molecular formula is C15H12ClF3N2O. The Bertz CT molecular complexity index is 657. The Kier molecular flexibility index (Phi) is 4.92. The van der Waals surface area contributed by atoms with Crippen LogP contribution in [0.25, 0.3) is 0 Å². The first-order valence-electron chi connectivity index (χ1n) is 6.31. The van der Waals surface area contributed by atoms with Crippen molar-refractivity contribution in [3.63, 3.8) is 0 Å². The Morgan fingerprint density at radius 1 is 1.05 bits per heavy atom. The summed E-state index contributed by atoms with van der Waals surface area (Å²) in [5.41, 5.74) is 0.238. The molecule has 0 radical (unpaired) electrons. The highest BCUT2D eigenvalue weighted by Gasteiger charge is 2.29. The van der Waals surface area contributed by atoms with Gasteiger partial charge in [0.05, 0.1) is 12.1 Å². The molecule has 1 amide bonds. The van der Waals surface area contributed by atoms with Gasteiger partial charge in [0.25, 0.3) is 0 Å². The molecule has 2 rings (SSSR count). The van der Waals surface area contributed by atoms with E-state index in [0.29, 0.717) is 16.4 Å². The van der Waals surface area contributed by atoms with E-state index in [1.807, 2.05) is 0 Å². The normalized spacial score (nSPS) is 11.1. The van der Waals surface area contributed by atoms with Crippen molar-refractivity contribution in [3.8, 4) is 0 Å². The molecule has 2 N–H and O–H groups in total. The fourth-order valence-corrected chi connectivity index (χ4v) is 1.92. The molecule has 0 aliphatic heterocycles. The summed E-state index contributed by atoms with van der Waals surface area (Å²) in [6.45, 7) is -0.0715. The number of nitrogens with one attached hydrogen (secondary N) is 2. The van der Waals surface area contributed by atoms with E-state index in [-0.39, 0.29) is 12.5 Å². The van der Waals surface area contributed by atoms with E-state index >= 15 is 0 Å². The summed E-state index contributed by atoms with van der Waals surface area (Å²) in [6.07, 6.45) is -4.37. The molecule has 0 saturated heterocycles. The Morgan fingerprint density at radius 3 is 2.32 bits per heavy atom. The monoisotopic (exact) mass is 328 g/mol. The van der Waals surface area contributed by atoms with Crippen LogP contribution in [-0.2, 0) is 11.0 Å². The lowest BCUT2D eigenvalue weighted by molar-refractivity contribution is -0.137. The summed E-state index contributed by atoms with van der Waals surface area (Å²) >= 11 is 5.79. The first kappa shape index (κ1) is 16.2. The molecule has 7 heteroatoms. The van der Waals surface area contributed by atoms with Crippen molar-refractivity contribution < 1.29 is 18.0 Å². The van der Waals surface area contributed by atoms with Gasteiger partial charge in [0, 0.05) is 16.4 Å². The molecule has 0 spiro atoms. The van der Waals surface area contributed by atoms with E-state index in [2.05, 4.69) is 10.6 Å². The van der Waals surface area contributed by atoms with E-state index in [4.69, 9.17) is 11.6 Å². The zero-order valence-electron chi connectivity index (χ0n) is 11.2. The van der Waals surface area contributed by atoms with Gasteiger partial charge in [0.15, 0.2) is 0 Å². The predicted molar refractivity (Wildman–Crippen MR) is 80.0 cm³/mol. The standard InChI is InChI=1S/C15H12ClF3N2O/c16-11-2-1-3-13(8-11)21-14(22)9-20-12-6-4-10(5-7-12)15(17,18)19/h1-8,20H,9H2,(H,21,22). The quantitative estimate of drug-likeness (QED) is 0.873. The van der Waals surface area contributed by atoms with Gasteiger partial charge >= 0.3 is 6.18 Å². The third-order valence-corrected chi connectivity index (χ3v) is 3.01. The number of alkyl halides is 3. The van der Waals surface area contributed by atoms with Gasteiger partial charge in [-0.05, 0) is 42.5 Å². The van der Waals surface area contributed by atoms with Crippen molar-refractivity contribution in [3.05, 3.63) is 59.1 Å². The third kappa shape index (κ3) is 4.66. The third-order valence-electron chi connectivity index (χ3n) is 2.77. The number of hydrogen-bond acceptors (Lipinski definition) is 2. The molecule has 0 aromatic heterocycles. The maximum atomic E-state index is 12.4. The summed E-state index contributed by atoms with van der Waals surface area (Å²) in [7, 11) is 0. The van der Waals surface area contributed by atoms with Crippen LogP contribution < -0.4 is 10.6 Å². The molecule has 0 aliphatic rings. The van der Waals surface area contributed by atoms with Gasteiger partial charge in [-0.25, -0.2) is 0 Å². The van der Waals surface area contributed by atoms with E-state index < -0.39 is 11.7 Å². The van der Waals surface area contributed by atoms with Gasteiger partial charge in [-0.1, -0.05) is 17.7 Å². The summed E-state index contributed by atoms with van der Waals surface area (Å²) < 4.78 is 37.2. The summed E-state index contributed by atoms with van der Waals surface area (Å²) in [5.74, 6) is -0.331. The first-order valence-corrected chi connectivity index (χ1v) is 6.69. The van der Waals surface area contributed by atoms with E-state index in [1.54, 1.807) is 24.3 Å². The fraction of sp³-hybridized carbons (Fsp3) is 0.133. The maximum Gasteiger partial charge on any atom is 0.416 e. The molecule has 0 fully saturated rings. The largest absolute Gasteiger partial charge is 0.416 e. The van der Waals surface area contributed by atoms with Crippen LogP contribution in [0.1, 0.15) is 5.56 Å². The minimum Gasteiger partial charge on any atom is -0.376 e. The van der Waals surface area contributed by atoms with Gasteiger partial charge in [-0.15, -0.1) is 0 Å². The smallest absolute Gasteiger partial charge is 0.376 e. The van der Waals surface area contributed by atoms with Crippen LogP contribution in [0.15, 0.2) is 48.5 Å². The molecule has 2 aromatic rings. The van der Waals surface area contributed by atoms with Crippen LogP contribution in [-0.4, -0.2) is 12.5 Å². The van der Waals surface area contributed by atoms with Crippen LogP contribution >= 0.6 is 11.6 Å².